The second-order valence-electron chi connectivity index (χ2n) is 6.54. The van der Waals surface area contributed by atoms with Crippen molar-refractivity contribution in [3.63, 3.8) is 0 Å². The summed E-state index contributed by atoms with van der Waals surface area (Å²) in [6.07, 6.45) is 1.13. The molecule has 2 aromatic rings. The SMILES string of the molecule is COc1ccccc1N(CCC(=O)N1c2ccccc2CC1C)C(C)=O. The van der Waals surface area contributed by atoms with Gasteiger partial charge in [0.1, 0.15) is 5.75 Å². The van der Waals surface area contributed by atoms with Gasteiger partial charge in [-0.15, -0.1) is 0 Å². The van der Waals surface area contributed by atoms with Crippen LogP contribution in [-0.4, -0.2) is 31.5 Å². The molecule has 1 unspecified atom stereocenters. The maximum atomic E-state index is 12.9. The van der Waals surface area contributed by atoms with Gasteiger partial charge in [0.25, 0.3) is 0 Å². The second kappa shape index (κ2) is 7.60. The highest BCUT2D eigenvalue weighted by Gasteiger charge is 2.30. The van der Waals surface area contributed by atoms with Crippen molar-refractivity contribution in [1.29, 1.82) is 0 Å². The standard InChI is InChI=1S/C21H24N2O3/c1-15-14-17-8-4-5-9-18(17)23(15)21(25)12-13-22(16(2)24)19-10-6-7-11-20(19)26-3/h4-11,15H,12-14H2,1-3H3. The van der Waals surface area contributed by atoms with E-state index in [1.165, 1.54) is 12.5 Å². The van der Waals surface area contributed by atoms with Gasteiger partial charge in [-0.25, -0.2) is 0 Å². The molecule has 0 spiro atoms. The first-order valence-corrected chi connectivity index (χ1v) is 8.84. The average Bonchev–Trinajstić information content (AvgIpc) is 2.97. The fraction of sp³-hybridized carbons (Fsp3) is 0.333. The van der Waals surface area contributed by atoms with E-state index >= 15 is 0 Å². The summed E-state index contributed by atoms with van der Waals surface area (Å²) in [6, 6.07) is 15.5. The molecule has 1 heterocycles. The summed E-state index contributed by atoms with van der Waals surface area (Å²) in [6.45, 7) is 3.88. The topological polar surface area (TPSA) is 49.9 Å². The van der Waals surface area contributed by atoms with Crippen LogP contribution in [0.1, 0.15) is 25.8 Å². The first-order valence-electron chi connectivity index (χ1n) is 8.84. The minimum Gasteiger partial charge on any atom is -0.495 e. The number of anilines is 2. The maximum absolute atomic E-state index is 12.9. The van der Waals surface area contributed by atoms with E-state index in [2.05, 4.69) is 13.0 Å². The van der Waals surface area contributed by atoms with E-state index in [9.17, 15) is 9.59 Å². The molecule has 0 fully saturated rings. The van der Waals surface area contributed by atoms with Gasteiger partial charge in [0.2, 0.25) is 11.8 Å². The fourth-order valence-electron chi connectivity index (χ4n) is 3.57. The molecule has 0 saturated heterocycles. The third-order valence-corrected chi connectivity index (χ3v) is 4.78. The number of methoxy groups -OCH3 is 1. The molecule has 1 atom stereocenters. The Morgan fingerprint density at radius 2 is 1.85 bits per heavy atom. The smallest absolute Gasteiger partial charge is 0.229 e. The number of rotatable bonds is 5. The van der Waals surface area contributed by atoms with E-state index in [1.54, 1.807) is 12.0 Å². The lowest BCUT2D eigenvalue weighted by Crippen LogP contribution is -2.39. The summed E-state index contributed by atoms with van der Waals surface area (Å²) in [5.74, 6) is 0.538. The van der Waals surface area contributed by atoms with Crippen LogP contribution in [0.2, 0.25) is 0 Å². The molecule has 1 aliphatic rings. The van der Waals surface area contributed by atoms with Crippen molar-refractivity contribution in [2.75, 3.05) is 23.5 Å². The van der Waals surface area contributed by atoms with Crippen molar-refractivity contribution in [2.45, 2.75) is 32.7 Å². The van der Waals surface area contributed by atoms with E-state index in [0.717, 1.165) is 12.1 Å². The van der Waals surface area contributed by atoms with Crippen molar-refractivity contribution in [3.8, 4) is 5.75 Å². The van der Waals surface area contributed by atoms with Crippen molar-refractivity contribution < 1.29 is 14.3 Å². The predicted molar refractivity (Wildman–Crippen MR) is 103 cm³/mol. The Morgan fingerprint density at radius 3 is 2.58 bits per heavy atom. The predicted octanol–water partition coefficient (Wildman–Crippen LogP) is 3.42. The number of benzene rings is 2. The van der Waals surface area contributed by atoms with E-state index in [4.69, 9.17) is 4.74 Å². The highest BCUT2D eigenvalue weighted by molar-refractivity contribution is 5.98. The number of carbonyl (C=O) groups excluding carboxylic acids is 2. The lowest BCUT2D eigenvalue weighted by Gasteiger charge is -2.26. The lowest BCUT2D eigenvalue weighted by atomic mass is 10.1. The first kappa shape index (κ1) is 18.0. The van der Waals surface area contributed by atoms with Crippen LogP contribution in [0.5, 0.6) is 5.75 Å². The Morgan fingerprint density at radius 1 is 1.15 bits per heavy atom. The number of nitrogens with zero attached hydrogens (tertiary/aromatic N) is 2. The molecular weight excluding hydrogens is 328 g/mol. The molecule has 2 aromatic carbocycles. The van der Waals surface area contributed by atoms with Crippen LogP contribution in [-0.2, 0) is 16.0 Å². The lowest BCUT2D eigenvalue weighted by molar-refractivity contribution is -0.119. The Labute approximate surface area is 154 Å². The molecule has 0 bridgehead atoms. The van der Waals surface area contributed by atoms with Gasteiger partial charge < -0.3 is 14.5 Å². The van der Waals surface area contributed by atoms with Gasteiger partial charge in [-0.05, 0) is 37.1 Å². The van der Waals surface area contributed by atoms with E-state index < -0.39 is 0 Å². The van der Waals surface area contributed by atoms with E-state index in [0.29, 0.717) is 18.0 Å². The van der Waals surface area contributed by atoms with Gasteiger partial charge in [-0.2, -0.15) is 0 Å². The van der Waals surface area contributed by atoms with Gasteiger partial charge in [0, 0.05) is 31.6 Å². The van der Waals surface area contributed by atoms with Crippen LogP contribution in [0.3, 0.4) is 0 Å². The van der Waals surface area contributed by atoms with Crippen molar-refractivity contribution in [1.82, 2.24) is 0 Å². The quantitative estimate of drug-likeness (QED) is 0.828. The molecule has 3 rings (SSSR count). The van der Waals surface area contributed by atoms with E-state index in [-0.39, 0.29) is 24.3 Å². The maximum Gasteiger partial charge on any atom is 0.229 e. The van der Waals surface area contributed by atoms with Gasteiger partial charge in [0.15, 0.2) is 0 Å². The zero-order valence-electron chi connectivity index (χ0n) is 15.4. The van der Waals surface area contributed by atoms with Crippen LogP contribution in [0.15, 0.2) is 48.5 Å². The molecule has 0 N–H and O–H groups in total. The van der Waals surface area contributed by atoms with Crippen molar-refractivity contribution in [3.05, 3.63) is 54.1 Å². The van der Waals surface area contributed by atoms with Crippen LogP contribution in [0.25, 0.3) is 0 Å². The Hall–Kier alpha value is -2.82. The third-order valence-electron chi connectivity index (χ3n) is 4.78. The molecule has 136 valence electrons. The molecule has 0 radical (unpaired) electrons. The zero-order chi connectivity index (χ0) is 18.7. The Kier molecular flexibility index (Phi) is 5.26. The minimum absolute atomic E-state index is 0.0311. The highest BCUT2D eigenvalue weighted by Crippen LogP contribution is 2.33. The van der Waals surface area contributed by atoms with Crippen LogP contribution in [0.4, 0.5) is 11.4 Å². The largest absolute Gasteiger partial charge is 0.495 e. The summed E-state index contributed by atoms with van der Waals surface area (Å²) >= 11 is 0. The first-order chi connectivity index (χ1) is 12.5. The highest BCUT2D eigenvalue weighted by atomic mass is 16.5. The summed E-state index contributed by atoms with van der Waals surface area (Å²) in [5, 5.41) is 0. The van der Waals surface area contributed by atoms with Crippen molar-refractivity contribution in [2.24, 2.45) is 0 Å². The number of carbonyl (C=O) groups is 2. The molecule has 0 saturated carbocycles. The molecular formula is C21H24N2O3. The van der Waals surface area contributed by atoms with Crippen LogP contribution >= 0.6 is 0 Å². The molecule has 1 aliphatic heterocycles. The molecule has 2 amide bonds. The van der Waals surface area contributed by atoms with E-state index in [1.807, 2.05) is 47.4 Å². The summed E-state index contributed by atoms with van der Waals surface area (Å²) in [5.41, 5.74) is 2.86. The number of fused-ring (bicyclic) bond motifs is 1. The molecule has 26 heavy (non-hydrogen) atoms. The number of amides is 2. The zero-order valence-corrected chi connectivity index (χ0v) is 15.4. The number of para-hydroxylation sites is 3. The fourth-order valence-corrected chi connectivity index (χ4v) is 3.57. The third kappa shape index (κ3) is 3.43. The number of hydrogen-bond acceptors (Lipinski definition) is 3. The molecule has 5 heteroatoms. The summed E-state index contributed by atoms with van der Waals surface area (Å²) < 4.78 is 5.36. The van der Waals surface area contributed by atoms with Gasteiger partial charge in [-0.3, -0.25) is 9.59 Å². The number of ether oxygens (including phenoxy) is 1. The minimum atomic E-state index is -0.114. The molecule has 0 aliphatic carbocycles. The molecule has 0 aromatic heterocycles. The molecule has 5 nitrogen and oxygen atoms in total. The average molecular weight is 352 g/mol. The monoisotopic (exact) mass is 352 g/mol. The second-order valence-corrected chi connectivity index (χ2v) is 6.54. The van der Waals surface area contributed by atoms with Crippen LogP contribution in [0, 0.1) is 0 Å². The normalized spacial score (nSPS) is 15.5. The Balaban J connectivity index is 1.76. The summed E-state index contributed by atoms with van der Waals surface area (Å²) in [4.78, 5) is 28.5. The Bertz CT molecular complexity index is 818. The number of hydrogen-bond donors (Lipinski definition) is 0. The van der Waals surface area contributed by atoms with Gasteiger partial charge in [0.05, 0.1) is 12.8 Å². The van der Waals surface area contributed by atoms with Gasteiger partial charge >= 0.3 is 0 Å². The van der Waals surface area contributed by atoms with Crippen molar-refractivity contribution >= 4 is 23.2 Å². The van der Waals surface area contributed by atoms with Crippen LogP contribution < -0.4 is 14.5 Å². The summed E-state index contributed by atoms with van der Waals surface area (Å²) in [7, 11) is 1.57. The van der Waals surface area contributed by atoms with Gasteiger partial charge in [-0.1, -0.05) is 30.3 Å².